The molecule has 0 saturated heterocycles. The minimum atomic E-state index is -0.567. The molecule has 0 aliphatic carbocycles. The Morgan fingerprint density at radius 1 is 1.12 bits per heavy atom. The number of benzene rings is 2. The molecule has 0 saturated carbocycles. The smallest absolute Gasteiger partial charge is 0.277 e. The molecule has 130 valence electrons. The van der Waals surface area contributed by atoms with Gasteiger partial charge in [-0.05, 0) is 42.0 Å². The first-order chi connectivity index (χ1) is 12.6. The van der Waals surface area contributed by atoms with Crippen molar-refractivity contribution in [2.45, 2.75) is 12.5 Å². The second-order valence-electron chi connectivity index (χ2n) is 5.92. The molecular formula is C20H14BrFN2O2. The maximum Gasteiger partial charge on any atom is 0.277 e. The summed E-state index contributed by atoms with van der Waals surface area (Å²) in [5.74, 6) is -0.440. The second-order valence-corrected chi connectivity index (χ2v) is 6.83. The van der Waals surface area contributed by atoms with Crippen LogP contribution >= 0.6 is 15.9 Å². The lowest BCUT2D eigenvalue weighted by atomic mass is 10.0. The standard InChI is InChI=1S/C20H14BrFN2O2/c21-14-9-7-13(8-10-14)17-12-18(19-6-3-11-26-19)24(23-17)20(25)15-4-1-2-5-16(15)22/h1-11,18H,12H2. The maximum atomic E-state index is 14.1. The van der Waals surface area contributed by atoms with E-state index in [1.807, 2.05) is 24.3 Å². The van der Waals surface area contributed by atoms with Gasteiger partial charge < -0.3 is 4.42 Å². The summed E-state index contributed by atoms with van der Waals surface area (Å²) >= 11 is 3.41. The van der Waals surface area contributed by atoms with Crippen LogP contribution in [0.4, 0.5) is 4.39 Å². The first-order valence-electron chi connectivity index (χ1n) is 8.08. The molecule has 26 heavy (non-hydrogen) atoms. The molecule has 1 amide bonds. The zero-order chi connectivity index (χ0) is 18.1. The molecule has 1 aliphatic rings. The summed E-state index contributed by atoms with van der Waals surface area (Å²) < 4.78 is 20.6. The molecule has 6 heteroatoms. The normalized spacial score (nSPS) is 16.6. The van der Waals surface area contributed by atoms with E-state index in [0.717, 1.165) is 15.7 Å². The van der Waals surface area contributed by atoms with Crippen LogP contribution in [0.2, 0.25) is 0 Å². The third-order valence-electron chi connectivity index (χ3n) is 4.27. The fourth-order valence-corrected chi connectivity index (χ4v) is 3.24. The van der Waals surface area contributed by atoms with Gasteiger partial charge in [-0.25, -0.2) is 9.40 Å². The molecule has 0 fully saturated rings. The first kappa shape index (κ1) is 16.7. The molecule has 1 aliphatic heterocycles. The molecule has 4 nitrogen and oxygen atoms in total. The summed E-state index contributed by atoms with van der Waals surface area (Å²) in [5, 5.41) is 5.82. The van der Waals surface area contributed by atoms with Crippen LogP contribution < -0.4 is 0 Å². The number of carbonyl (C=O) groups excluding carboxylic acids is 1. The van der Waals surface area contributed by atoms with Gasteiger partial charge in [0, 0.05) is 10.9 Å². The third-order valence-corrected chi connectivity index (χ3v) is 4.80. The largest absolute Gasteiger partial charge is 0.467 e. The van der Waals surface area contributed by atoms with E-state index in [0.29, 0.717) is 12.2 Å². The Balaban J connectivity index is 1.73. The molecule has 2 aromatic carbocycles. The molecule has 0 N–H and O–H groups in total. The fourth-order valence-electron chi connectivity index (χ4n) is 2.98. The lowest BCUT2D eigenvalue weighted by Gasteiger charge is -2.20. The van der Waals surface area contributed by atoms with Crippen molar-refractivity contribution >= 4 is 27.5 Å². The lowest BCUT2D eigenvalue weighted by molar-refractivity contribution is 0.0688. The van der Waals surface area contributed by atoms with Crippen LogP contribution in [0, 0.1) is 5.82 Å². The highest BCUT2D eigenvalue weighted by atomic mass is 79.9. The molecule has 4 rings (SSSR count). The van der Waals surface area contributed by atoms with Gasteiger partial charge in [0.15, 0.2) is 0 Å². The molecule has 1 unspecified atom stereocenters. The van der Waals surface area contributed by atoms with Crippen LogP contribution in [0.25, 0.3) is 0 Å². The van der Waals surface area contributed by atoms with Crippen LogP contribution in [0.5, 0.6) is 0 Å². The van der Waals surface area contributed by atoms with Gasteiger partial charge in [-0.1, -0.05) is 40.2 Å². The number of carbonyl (C=O) groups is 1. The number of rotatable bonds is 3. The summed E-state index contributed by atoms with van der Waals surface area (Å²) in [5.41, 5.74) is 1.65. The summed E-state index contributed by atoms with van der Waals surface area (Å²) in [6.07, 6.45) is 2.05. The van der Waals surface area contributed by atoms with Gasteiger partial charge in [0.05, 0.1) is 17.5 Å². The van der Waals surface area contributed by atoms with Crippen molar-refractivity contribution in [3.05, 3.63) is 94.1 Å². The highest BCUT2D eigenvalue weighted by Gasteiger charge is 2.36. The number of halogens is 2. The van der Waals surface area contributed by atoms with Crippen molar-refractivity contribution in [2.75, 3.05) is 0 Å². The summed E-state index contributed by atoms with van der Waals surface area (Å²) in [4.78, 5) is 12.9. The summed E-state index contributed by atoms with van der Waals surface area (Å²) in [6.45, 7) is 0. The van der Waals surface area contributed by atoms with Gasteiger partial charge in [0.1, 0.15) is 17.6 Å². The minimum Gasteiger partial charge on any atom is -0.467 e. The van der Waals surface area contributed by atoms with Crippen molar-refractivity contribution in [1.82, 2.24) is 5.01 Å². The van der Waals surface area contributed by atoms with E-state index in [1.54, 1.807) is 30.5 Å². The van der Waals surface area contributed by atoms with E-state index in [9.17, 15) is 9.18 Å². The van der Waals surface area contributed by atoms with Crippen molar-refractivity contribution in [1.29, 1.82) is 0 Å². The predicted molar refractivity (Wildman–Crippen MR) is 99.3 cm³/mol. The topological polar surface area (TPSA) is 45.8 Å². The van der Waals surface area contributed by atoms with Crippen molar-refractivity contribution in [3.8, 4) is 0 Å². The molecule has 1 aromatic heterocycles. The van der Waals surface area contributed by atoms with Crippen LogP contribution in [-0.4, -0.2) is 16.6 Å². The Bertz CT molecular complexity index is 968. The highest BCUT2D eigenvalue weighted by Crippen LogP contribution is 2.34. The van der Waals surface area contributed by atoms with Crippen molar-refractivity contribution < 1.29 is 13.6 Å². The zero-order valence-corrected chi connectivity index (χ0v) is 15.2. The number of hydrogen-bond acceptors (Lipinski definition) is 3. The molecule has 0 radical (unpaired) electrons. The van der Waals surface area contributed by atoms with Gasteiger partial charge in [-0.15, -0.1) is 0 Å². The van der Waals surface area contributed by atoms with E-state index in [-0.39, 0.29) is 5.56 Å². The van der Waals surface area contributed by atoms with E-state index in [4.69, 9.17) is 4.42 Å². The molecule has 0 bridgehead atoms. The predicted octanol–water partition coefficient (Wildman–Crippen LogP) is 5.17. The van der Waals surface area contributed by atoms with Crippen LogP contribution in [0.1, 0.15) is 34.1 Å². The maximum absolute atomic E-state index is 14.1. The Morgan fingerprint density at radius 2 is 1.88 bits per heavy atom. The van der Waals surface area contributed by atoms with Gasteiger partial charge in [0.2, 0.25) is 0 Å². The lowest BCUT2D eigenvalue weighted by Crippen LogP contribution is -2.27. The number of hydrogen-bond donors (Lipinski definition) is 0. The third kappa shape index (κ3) is 3.08. The first-order valence-corrected chi connectivity index (χ1v) is 8.87. The number of amides is 1. The molecule has 0 spiro atoms. The van der Waals surface area contributed by atoms with Crippen LogP contribution in [-0.2, 0) is 0 Å². The average molecular weight is 413 g/mol. The molecule has 1 atom stereocenters. The van der Waals surface area contributed by atoms with Gasteiger partial charge in [0.25, 0.3) is 5.91 Å². The Hall–Kier alpha value is -2.73. The Labute approximate surface area is 158 Å². The number of hydrazone groups is 1. The zero-order valence-electron chi connectivity index (χ0n) is 13.6. The summed E-state index contributed by atoms with van der Waals surface area (Å²) in [7, 11) is 0. The average Bonchev–Trinajstić information content (AvgIpc) is 3.32. The van der Waals surface area contributed by atoms with Gasteiger partial charge in [-0.2, -0.15) is 5.10 Å². The SMILES string of the molecule is O=C(c1ccccc1F)N1N=C(c2ccc(Br)cc2)CC1c1ccco1. The van der Waals surface area contributed by atoms with E-state index in [2.05, 4.69) is 21.0 Å². The molecule has 3 aromatic rings. The fraction of sp³-hybridized carbons (Fsp3) is 0.100. The Kier molecular flexibility index (Phi) is 4.42. The van der Waals surface area contributed by atoms with Crippen molar-refractivity contribution in [3.63, 3.8) is 0 Å². The highest BCUT2D eigenvalue weighted by molar-refractivity contribution is 9.10. The number of furan rings is 1. The quantitative estimate of drug-likeness (QED) is 0.595. The minimum absolute atomic E-state index is 0.00939. The van der Waals surface area contributed by atoms with E-state index >= 15 is 0 Å². The van der Waals surface area contributed by atoms with Crippen molar-refractivity contribution in [2.24, 2.45) is 5.10 Å². The molecule has 2 heterocycles. The molecular weight excluding hydrogens is 399 g/mol. The monoisotopic (exact) mass is 412 g/mol. The van der Waals surface area contributed by atoms with E-state index in [1.165, 1.54) is 17.1 Å². The van der Waals surface area contributed by atoms with Gasteiger partial charge >= 0.3 is 0 Å². The summed E-state index contributed by atoms with van der Waals surface area (Å²) in [6, 6.07) is 16.8. The second kappa shape index (κ2) is 6.88. The van der Waals surface area contributed by atoms with E-state index < -0.39 is 17.8 Å². The van der Waals surface area contributed by atoms with Gasteiger partial charge in [-0.3, -0.25) is 4.79 Å². The Morgan fingerprint density at radius 3 is 2.58 bits per heavy atom. The van der Waals surface area contributed by atoms with Crippen LogP contribution in [0.15, 0.2) is 80.9 Å². The number of nitrogens with zero attached hydrogens (tertiary/aromatic N) is 2. The van der Waals surface area contributed by atoms with Crippen LogP contribution in [0.3, 0.4) is 0 Å².